The third-order valence-electron chi connectivity index (χ3n) is 2.50. The van der Waals surface area contributed by atoms with Gasteiger partial charge in [0.25, 0.3) is 0 Å². The Balaban J connectivity index is 2.21. The molecule has 2 N–H and O–H groups in total. The first-order valence-electron chi connectivity index (χ1n) is 5.28. The monoisotopic (exact) mass is 272 g/mol. The van der Waals surface area contributed by atoms with E-state index in [0.29, 0.717) is 6.42 Å². The van der Waals surface area contributed by atoms with Crippen LogP contribution in [0.25, 0.3) is 0 Å². The number of aryl methyl sites for hydroxylation is 1. The van der Waals surface area contributed by atoms with E-state index in [-0.39, 0.29) is 5.56 Å². The van der Waals surface area contributed by atoms with Crippen molar-refractivity contribution in [3.05, 3.63) is 51.2 Å². The van der Waals surface area contributed by atoms with Gasteiger partial charge in [0.2, 0.25) is 0 Å². The third kappa shape index (κ3) is 2.70. The minimum atomic E-state index is -1.48. The number of aromatic nitrogens is 1. The smallest absolute Gasteiger partial charge is 0.194 e. The molecule has 96 valence electrons. The maximum absolute atomic E-state index is 13.1. The second kappa shape index (κ2) is 5.07. The summed E-state index contributed by atoms with van der Waals surface area (Å²) < 4.78 is 38.9. The Morgan fingerprint density at radius 2 is 1.89 bits per heavy atom. The summed E-state index contributed by atoms with van der Waals surface area (Å²) >= 11 is 1.43. The van der Waals surface area contributed by atoms with Crippen LogP contribution in [-0.2, 0) is 6.42 Å². The normalized spacial score (nSPS) is 12.7. The van der Waals surface area contributed by atoms with Gasteiger partial charge in [-0.3, -0.25) is 0 Å². The molecule has 1 atom stereocenters. The summed E-state index contributed by atoms with van der Waals surface area (Å²) in [5, 5.41) is 2.65. The van der Waals surface area contributed by atoms with Crippen LogP contribution in [0.4, 0.5) is 13.2 Å². The molecule has 18 heavy (non-hydrogen) atoms. The molecule has 0 saturated carbocycles. The van der Waals surface area contributed by atoms with E-state index in [4.69, 9.17) is 5.73 Å². The summed E-state index contributed by atoms with van der Waals surface area (Å²) in [6.45, 7) is 1.85. The van der Waals surface area contributed by atoms with Crippen molar-refractivity contribution in [1.29, 1.82) is 0 Å². The standard InChI is InChI=1S/C12H11F3N2S/c1-6-5-18-11(17-6)4-10(16)7-2-8(13)12(15)9(14)3-7/h2-3,5,10H,4,16H2,1H3. The molecular formula is C12H11F3N2S. The van der Waals surface area contributed by atoms with Crippen molar-refractivity contribution in [1.82, 2.24) is 4.98 Å². The van der Waals surface area contributed by atoms with Gasteiger partial charge in [-0.05, 0) is 24.6 Å². The minimum Gasteiger partial charge on any atom is -0.324 e. The fraction of sp³-hybridized carbons (Fsp3) is 0.250. The Morgan fingerprint density at radius 3 is 2.39 bits per heavy atom. The molecule has 0 spiro atoms. The van der Waals surface area contributed by atoms with E-state index in [0.717, 1.165) is 22.8 Å². The van der Waals surface area contributed by atoms with Crippen LogP contribution >= 0.6 is 11.3 Å². The Kier molecular flexibility index (Phi) is 3.68. The van der Waals surface area contributed by atoms with Crippen LogP contribution in [0.2, 0.25) is 0 Å². The highest BCUT2D eigenvalue weighted by atomic mass is 32.1. The van der Waals surface area contributed by atoms with Crippen LogP contribution < -0.4 is 5.73 Å². The highest BCUT2D eigenvalue weighted by molar-refractivity contribution is 7.09. The number of hydrogen-bond donors (Lipinski definition) is 1. The summed E-state index contributed by atoms with van der Waals surface area (Å²) in [6, 6.07) is 1.23. The summed E-state index contributed by atoms with van der Waals surface area (Å²) in [5.74, 6) is -3.93. The van der Waals surface area contributed by atoms with Gasteiger partial charge in [0.05, 0.1) is 5.01 Å². The van der Waals surface area contributed by atoms with Gasteiger partial charge in [0.1, 0.15) is 0 Å². The maximum Gasteiger partial charge on any atom is 0.194 e. The Bertz CT molecular complexity index is 545. The van der Waals surface area contributed by atoms with Crippen molar-refractivity contribution in [2.75, 3.05) is 0 Å². The zero-order chi connectivity index (χ0) is 13.3. The van der Waals surface area contributed by atoms with E-state index in [1.54, 1.807) is 0 Å². The highest BCUT2D eigenvalue weighted by Gasteiger charge is 2.16. The van der Waals surface area contributed by atoms with Gasteiger partial charge in [0, 0.05) is 23.5 Å². The predicted octanol–water partition coefficient (Wildman–Crippen LogP) is 3.11. The largest absolute Gasteiger partial charge is 0.324 e. The minimum absolute atomic E-state index is 0.222. The number of rotatable bonds is 3. The van der Waals surface area contributed by atoms with Crippen LogP contribution in [0, 0.1) is 24.4 Å². The summed E-state index contributed by atoms with van der Waals surface area (Å²) in [7, 11) is 0. The number of benzene rings is 1. The Morgan fingerprint density at radius 1 is 1.28 bits per heavy atom. The first-order chi connectivity index (χ1) is 8.47. The molecule has 0 aliphatic heterocycles. The van der Waals surface area contributed by atoms with Crippen molar-refractivity contribution in [2.45, 2.75) is 19.4 Å². The van der Waals surface area contributed by atoms with Crippen LogP contribution in [-0.4, -0.2) is 4.98 Å². The van der Waals surface area contributed by atoms with Crippen molar-refractivity contribution >= 4 is 11.3 Å². The van der Waals surface area contributed by atoms with Crippen molar-refractivity contribution in [3.63, 3.8) is 0 Å². The zero-order valence-electron chi connectivity index (χ0n) is 9.58. The number of thiazole rings is 1. The van der Waals surface area contributed by atoms with E-state index in [1.165, 1.54) is 11.3 Å². The molecule has 6 heteroatoms. The first kappa shape index (κ1) is 13.0. The molecule has 0 amide bonds. The molecule has 2 rings (SSSR count). The van der Waals surface area contributed by atoms with Gasteiger partial charge in [-0.1, -0.05) is 0 Å². The van der Waals surface area contributed by atoms with Crippen LogP contribution in [0.15, 0.2) is 17.5 Å². The summed E-state index contributed by atoms with van der Waals surface area (Å²) in [4.78, 5) is 4.22. The second-order valence-electron chi connectivity index (χ2n) is 3.99. The number of halogens is 3. The average Bonchev–Trinajstić information content (AvgIpc) is 2.71. The van der Waals surface area contributed by atoms with E-state index in [1.807, 2.05) is 12.3 Å². The van der Waals surface area contributed by atoms with Crippen LogP contribution in [0.1, 0.15) is 22.3 Å². The lowest BCUT2D eigenvalue weighted by Gasteiger charge is -2.11. The lowest BCUT2D eigenvalue weighted by atomic mass is 10.0. The topological polar surface area (TPSA) is 38.9 Å². The van der Waals surface area contributed by atoms with E-state index in [9.17, 15) is 13.2 Å². The number of nitrogens with two attached hydrogens (primary N) is 1. The molecule has 0 fully saturated rings. The fourth-order valence-corrected chi connectivity index (χ4v) is 2.42. The van der Waals surface area contributed by atoms with Crippen LogP contribution in [0.5, 0.6) is 0 Å². The molecule has 0 radical (unpaired) electrons. The molecule has 2 aromatic rings. The van der Waals surface area contributed by atoms with Gasteiger partial charge in [0.15, 0.2) is 17.5 Å². The third-order valence-corrected chi connectivity index (χ3v) is 3.48. The van der Waals surface area contributed by atoms with Gasteiger partial charge < -0.3 is 5.73 Å². The molecule has 0 aliphatic carbocycles. The van der Waals surface area contributed by atoms with Crippen molar-refractivity contribution < 1.29 is 13.2 Å². The molecule has 2 nitrogen and oxygen atoms in total. The van der Waals surface area contributed by atoms with Crippen molar-refractivity contribution in [3.8, 4) is 0 Å². The first-order valence-corrected chi connectivity index (χ1v) is 6.16. The quantitative estimate of drug-likeness (QED) is 0.872. The SMILES string of the molecule is Cc1csc(CC(N)c2cc(F)c(F)c(F)c2)n1. The van der Waals surface area contributed by atoms with Crippen molar-refractivity contribution in [2.24, 2.45) is 5.73 Å². The number of hydrogen-bond acceptors (Lipinski definition) is 3. The molecule has 1 heterocycles. The Labute approximate surface area is 106 Å². The maximum atomic E-state index is 13.1. The lowest BCUT2D eigenvalue weighted by Crippen LogP contribution is -2.14. The zero-order valence-corrected chi connectivity index (χ0v) is 10.4. The average molecular weight is 272 g/mol. The summed E-state index contributed by atoms with van der Waals surface area (Å²) in [6.07, 6.45) is 0.364. The van der Waals surface area contributed by atoms with Gasteiger partial charge >= 0.3 is 0 Å². The molecule has 0 saturated heterocycles. The van der Waals surface area contributed by atoms with Gasteiger partial charge in [-0.2, -0.15) is 0 Å². The molecule has 0 aliphatic rings. The van der Waals surface area contributed by atoms with Gasteiger partial charge in [-0.25, -0.2) is 18.2 Å². The molecule has 1 unspecified atom stereocenters. The second-order valence-corrected chi connectivity index (χ2v) is 4.93. The van der Waals surface area contributed by atoms with Crippen LogP contribution in [0.3, 0.4) is 0 Å². The summed E-state index contributed by atoms with van der Waals surface area (Å²) in [5.41, 5.74) is 6.93. The predicted molar refractivity (Wildman–Crippen MR) is 63.8 cm³/mol. The fourth-order valence-electron chi connectivity index (χ4n) is 1.59. The molecule has 0 bridgehead atoms. The lowest BCUT2D eigenvalue weighted by molar-refractivity contribution is 0.443. The highest BCUT2D eigenvalue weighted by Crippen LogP contribution is 2.22. The Hall–Kier alpha value is -1.40. The van der Waals surface area contributed by atoms with Gasteiger partial charge in [-0.15, -0.1) is 11.3 Å². The molecular weight excluding hydrogens is 261 g/mol. The van der Waals surface area contributed by atoms with E-state index in [2.05, 4.69) is 4.98 Å². The molecule has 1 aromatic carbocycles. The van der Waals surface area contributed by atoms with E-state index >= 15 is 0 Å². The van der Waals surface area contributed by atoms with E-state index < -0.39 is 23.5 Å². The molecule has 1 aromatic heterocycles. The number of nitrogens with zero attached hydrogens (tertiary/aromatic N) is 1.